The molecule has 2 unspecified atom stereocenters. The molecule has 3 N–H and O–H groups in total. The fourth-order valence-corrected chi connectivity index (χ4v) is 4.52. The van der Waals surface area contributed by atoms with E-state index < -0.39 is 23.3 Å². The number of carboxylic acids is 2. The van der Waals surface area contributed by atoms with Gasteiger partial charge in [-0.3, -0.25) is 9.78 Å². The first-order valence-corrected chi connectivity index (χ1v) is 11.8. The summed E-state index contributed by atoms with van der Waals surface area (Å²) >= 11 is 0.891. The van der Waals surface area contributed by atoms with E-state index >= 15 is 0 Å². The molecule has 31 heavy (non-hydrogen) atoms. The van der Waals surface area contributed by atoms with Crippen molar-refractivity contribution in [3.63, 3.8) is 0 Å². The summed E-state index contributed by atoms with van der Waals surface area (Å²) in [6, 6.07) is 14.2. The van der Waals surface area contributed by atoms with E-state index in [1.165, 1.54) is 24.8 Å². The molecule has 2 rings (SSSR count). The average molecular weight is 446 g/mol. The highest BCUT2D eigenvalue weighted by molar-refractivity contribution is 8.00. The maximum atomic E-state index is 11.3. The van der Waals surface area contributed by atoms with E-state index in [1.807, 2.05) is 12.1 Å². The molecule has 7 heteroatoms. The highest BCUT2D eigenvalue weighted by atomic mass is 32.2. The number of aliphatic hydroxyl groups excluding tert-OH is 1. The van der Waals surface area contributed by atoms with Crippen molar-refractivity contribution in [2.45, 2.75) is 62.7 Å². The number of hydrogen-bond acceptors (Lipinski definition) is 5. The molecular weight excluding hydrogens is 414 g/mol. The third-order valence-electron chi connectivity index (χ3n) is 5.13. The van der Waals surface area contributed by atoms with Crippen LogP contribution in [0.2, 0.25) is 0 Å². The Kier molecular flexibility index (Phi) is 11.1. The van der Waals surface area contributed by atoms with Gasteiger partial charge < -0.3 is 15.3 Å². The molecule has 0 aliphatic carbocycles. The molecule has 0 amide bonds. The minimum absolute atomic E-state index is 0.298. The Morgan fingerprint density at radius 1 is 0.871 bits per heavy atom. The van der Waals surface area contributed by atoms with Gasteiger partial charge in [-0.1, -0.05) is 62.1 Å². The van der Waals surface area contributed by atoms with Crippen LogP contribution in [-0.4, -0.2) is 44.1 Å². The van der Waals surface area contributed by atoms with Crippen molar-refractivity contribution in [3.8, 4) is 0 Å². The number of aryl methyl sites for hydroxylation is 2. The second-order valence-electron chi connectivity index (χ2n) is 7.56. The van der Waals surface area contributed by atoms with Gasteiger partial charge in [-0.2, -0.15) is 0 Å². The van der Waals surface area contributed by atoms with Gasteiger partial charge in [0, 0.05) is 6.20 Å². The minimum Gasteiger partial charge on any atom is -0.481 e. The molecule has 1 aromatic carbocycles. The third-order valence-corrected chi connectivity index (χ3v) is 6.38. The summed E-state index contributed by atoms with van der Waals surface area (Å²) in [7, 11) is 0. The molecule has 168 valence electrons. The number of aliphatic carboxylic acids is 2. The van der Waals surface area contributed by atoms with Gasteiger partial charge >= 0.3 is 11.9 Å². The number of benzene rings is 1. The first-order valence-electron chi connectivity index (χ1n) is 10.7. The highest BCUT2D eigenvalue weighted by Gasteiger charge is 2.31. The summed E-state index contributed by atoms with van der Waals surface area (Å²) in [5.41, 5.74) is 2.71. The van der Waals surface area contributed by atoms with Crippen molar-refractivity contribution in [2.24, 2.45) is 0 Å². The predicted octanol–water partition coefficient (Wildman–Crippen LogP) is 4.51. The van der Waals surface area contributed by atoms with Crippen LogP contribution >= 0.6 is 11.8 Å². The molecule has 1 heterocycles. The van der Waals surface area contributed by atoms with Gasteiger partial charge in [-0.15, -0.1) is 11.8 Å². The van der Waals surface area contributed by atoms with Crippen molar-refractivity contribution in [2.75, 3.05) is 5.75 Å². The number of hydrogen-bond donors (Lipinski definition) is 3. The van der Waals surface area contributed by atoms with Crippen LogP contribution in [0.3, 0.4) is 0 Å². The van der Waals surface area contributed by atoms with E-state index in [2.05, 4.69) is 29.2 Å². The van der Waals surface area contributed by atoms with Gasteiger partial charge in [0.05, 0.1) is 16.7 Å². The fraction of sp³-hybridized carbons (Fsp3) is 0.458. The monoisotopic (exact) mass is 445 g/mol. The molecule has 0 aliphatic rings. The normalized spacial score (nSPS) is 12.9. The topological polar surface area (TPSA) is 108 Å². The number of aromatic nitrogens is 1. The maximum Gasteiger partial charge on any atom is 0.334 e. The Morgan fingerprint density at radius 2 is 1.52 bits per heavy atom. The zero-order valence-corrected chi connectivity index (χ0v) is 18.5. The van der Waals surface area contributed by atoms with E-state index in [-0.39, 0.29) is 5.75 Å². The van der Waals surface area contributed by atoms with Crippen molar-refractivity contribution < 1.29 is 24.9 Å². The van der Waals surface area contributed by atoms with E-state index in [0.717, 1.165) is 49.4 Å². The molecule has 0 bridgehead atoms. The largest absolute Gasteiger partial charge is 0.481 e. The lowest BCUT2D eigenvalue weighted by Gasteiger charge is -2.21. The summed E-state index contributed by atoms with van der Waals surface area (Å²) in [6.45, 7) is 0. The van der Waals surface area contributed by atoms with Crippen LogP contribution in [0.5, 0.6) is 0 Å². The summed E-state index contributed by atoms with van der Waals surface area (Å²) in [6.07, 6.45) is 8.39. The number of nitrogens with zero attached hydrogens (tertiary/aromatic N) is 1. The molecule has 1 aromatic heterocycles. The lowest BCUT2D eigenvalue weighted by atomic mass is 10.00. The van der Waals surface area contributed by atoms with Crippen LogP contribution in [0.15, 0.2) is 48.7 Å². The zero-order chi connectivity index (χ0) is 22.5. The summed E-state index contributed by atoms with van der Waals surface area (Å²) in [4.78, 5) is 26.5. The van der Waals surface area contributed by atoms with Gasteiger partial charge in [0.25, 0.3) is 0 Å². The molecule has 0 fully saturated rings. The number of aliphatic hydroxyl groups is 1. The summed E-state index contributed by atoms with van der Waals surface area (Å²) in [5, 5.41) is 27.4. The minimum atomic E-state index is -1.71. The second-order valence-corrected chi connectivity index (χ2v) is 8.69. The molecule has 6 nitrogen and oxygen atoms in total. The van der Waals surface area contributed by atoms with Gasteiger partial charge in [-0.05, 0) is 42.9 Å². The molecule has 2 atom stereocenters. The number of unbranched alkanes of at least 4 members (excludes halogenated alkanes) is 5. The number of thioether (sulfide) groups is 1. The number of carboxylic acid groups (broad SMARTS) is 2. The molecule has 2 aromatic rings. The van der Waals surface area contributed by atoms with Gasteiger partial charge in [0.1, 0.15) is 0 Å². The molecule has 0 aliphatic heterocycles. The smallest absolute Gasteiger partial charge is 0.334 e. The number of pyridine rings is 1. The average Bonchev–Trinajstić information content (AvgIpc) is 2.76. The van der Waals surface area contributed by atoms with E-state index in [9.17, 15) is 19.8 Å². The van der Waals surface area contributed by atoms with Crippen LogP contribution in [0.25, 0.3) is 0 Å². The first kappa shape index (κ1) is 24.9. The van der Waals surface area contributed by atoms with Gasteiger partial charge in [0.15, 0.2) is 6.10 Å². The molecule has 0 saturated heterocycles. The third kappa shape index (κ3) is 9.11. The summed E-state index contributed by atoms with van der Waals surface area (Å²) in [5.74, 6) is -2.74. The fourth-order valence-electron chi connectivity index (χ4n) is 3.52. The lowest BCUT2D eigenvalue weighted by molar-refractivity contribution is -0.146. The van der Waals surface area contributed by atoms with Crippen molar-refractivity contribution in [3.05, 3.63) is 65.5 Å². The lowest BCUT2D eigenvalue weighted by Crippen LogP contribution is -2.28. The van der Waals surface area contributed by atoms with E-state index in [4.69, 9.17) is 5.11 Å². The first-order chi connectivity index (χ1) is 15.0. The molecular formula is C24H31NO5S. The number of carbonyl (C=O) groups is 2. The second kappa shape index (κ2) is 13.8. The highest BCUT2D eigenvalue weighted by Crippen LogP contribution is 2.33. The van der Waals surface area contributed by atoms with Crippen LogP contribution in [0.1, 0.15) is 60.6 Å². The predicted molar refractivity (Wildman–Crippen MR) is 122 cm³/mol. The Hall–Kier alpha value is -2.38. The quantitative estimate of drug-likeness (QED) is 0.346. The van der Waals surface area contributed by atoms with Crippen molar-refractivity contribution in [1.82, 2.24) is 4.98 Å². The van der Waals surface area contributed by atoms with E-state index in [0.29, 0.717) is 5.69 Å². The van der Waals surface area contributed by atoms with Crippen molar-refractivity contribution in [1.29, 1.82) is 0 Å². The Labute approximate surface area is 187 Å². The SMILES string of the molecule is O=C(O)CSC(c1ncccc1CCCCCCCCc1ccccc1)C(O)C(=O)O. The zero-order valence-electron chi connectivity index (χ0n) is 17.7. The van der Waals surface area contributed by atoms with E-state index in [1.54, 1.807) is 12.3 Å². The number of rotatable bonds is 15. The van der Waals surface area contributed by atoms with Crippen LogP contribution in [0.4, 0.5) is 0 Å². The molecule has 0 spiro atoms. The van der Waals surface area contributed by atoms with Crippen molar-refractivity contribution >= 4 is 23.7 Å². The Morgan fingerprint density at radius 3 is 2.16 bits per heavy atom. The van der Waals surface area contributed by atoms with Gasteiger partial charge in [-0.25, -0.2) is 4.79 Å². The van der Waals surface area contributed by atoms with Crippen LogP contribution < -0.4 is 0 Å². The summed E-state index contributed by atoms with van der Waals surface area (Å²) < 4.78 is 0. The van der Waals surface area contributed by atoms with Crippen LogP contribution in [0, 0.1) is 0 Å². The maximum absolute atomic E-state index is 11.3. The Balaban J connectivity index is 1.79. The molecule has 0 radical (unpaired) electrons. The van der Waals surface area contributed by atoms with Gasteiger partial charge in [0.2, 0.25) is 0 Å². The molecule has 0 saturated carbocycles. The standard InChI is InChI=1S/C24H31NO5S/c26-20(27)17-31-23(22(28)24(29)30)21-19(15-10-16-25-21)14-9-4-2-1-3-6-11-18-12-7-5-8-13-18/h5,7-8,10,12-13,15-16,22-23,28H,1-4,6,9,11,14,17H2,(H,26,27)(H,29,30). The Bertz CT molecular complexity index is 815. The van der Waals surface area contributed by atoms with Crippen LogP contribution in [-0.2, 0) is 22.4 Å².